The highest BCUT2D eigenvalue weighted by Gasteiger charge is 2.37. The Morgan fingerprint density at radius 1 is 1.14 bits per heavy atom. The lowest BCUT2D eigenvalue weighted by Gasteiger charge is -2.41. The van der Waals surface area contributed by atoms with Gasteiger partial charge in [-0.25, -0.2) is 9.78 Å². The first-order valence-electron chi connectivity index (χ1n) is 12.8. The molecule has 6 nitrogen and oxygen atoms in total. The van der Waals surface area contributed by atoms with Crippen LogP contribution in [0.2, 0.25) is 0 Å². The number of rotatable bonds is 7. The highest BCUT2D eigenvalue weighted by molar-refractivity contribution is 5.75. The third-order valence-corrected chi connectivity index (χ3v) is 7.33. The predicted molar refractivity (Wildman–Crippen MR) is 135 cm³/mol. The van der Waals surface area contributed by atoms with Crippen molar-refractivity contribution in [2.75, 3.05) is 13.1 Å². The molecule has 9 heteroatoms. The average Bonchev–Trinajstić information content (AvgIpc) is 3.53. The minimum atomic E-state index is -4.42. The van der Waals surface area contributed by atoms with Crippen molar-refractivity contribution >= 4 is 6.03 Å². The topological polar surface area (TPSA) is 64.3 Å². The van der Waals surface area contributed by atoms with E-state index in [-0.39, 0.29) is 23.7 Å². The largest absolute Gasteiger partial charge is 0.416 e. The van der Waals surface area contributed by atoms with Gasteiger partial charge < -0.3 is 15.2 Å². The lowest BCUT2D eigenvalue weighted by atomic mass is 9.95. The van der Waals surface area contributed by atoms with Crippen LogP contribution in [0.15, 0.2) is 60.9 Å². The van der Waals surface area contributed by atoms with Crippen molar-refractivity contribution in [1.82, 2.24) is 25.1 Å². The fraction of sp³-hybridized carbons (Fsp3) is 0.429. The molecule has 1 saturated carbocycles. The molecule has 37 heavy (non-hydrogen) atoms. The highest BCUT2D eigenvalue weighted by Crippen LogP contribution is 2.37. The number of aryl methyl sites for hydroxylation is 1. The van der Waals surface area contributed by atoms with Gasteiger partial charge in [0.15, 0.2) is 0 Å². The molecule has 1 saturated heterocycles. The summed E-state index contributed by atoms with van der Waals surface area (Å²) in [6.45, 7) is 3.27. The van der Waals surface area contributed by atoms with E-state index in [9.17, 15) is 18.0 Å². The molecule has 1 aliphatic carbocycles. The molecule has 2 amide bonds. The Hall–Kier alpha value is -3.33. The monoisotopic (exact) mass is 511 g/mol. The number of likely N-dealkylation sites (tertiary alicyclic amines) is 1. The molecule has 1 aromatic heterocycles. The summed E-state index contributed by atoms with van der Waals surface area (Å²) in [5.74, 6) is 0.614. The number of aromatic nitrogens is 2. The number of hydrogen-bond donors (Lipinski definition) is 2. The van der Waals surface area contributed by atoms with E-state index in [2.05, 4.69) is 20.2 Å². The molecule has 0 radical (unpaired) electrons. The second-order valence-corrected chi connectivity index (χ2v) is 10.1. The molecule has 2 heterocycles. The number of urea groups is 1. The number of imidazole rings is 1. The first-order valence-corrected chi connectivity index (χ1v) is 12.8. The molecule has 0 spiro atoms. The van der Waals surface area contributed by atoms with Gasteiger partial charge in [0.1, 0.15) is 5.82 Å². The van der Waals surface area contributed by atoms with Crippen LogP contribution >= 0.6 is 0 Å². The summed E-state index contributed by atoms with van der Waals surface area (Å²) in [7, 11) is 0. The molecule has 0 bridgehead atoms. The number of nitrogens with zero attached hydrogens (tertiary/aromatic N) is 3. The number of carbonyl (C=O) groups excluding carboxylic acids is 1. The van der Waals surface area contributed by atoms with Gasteiger partial charge in [-0.05, 0) is 55.4 Å². The van der Waals surface area contributed by atoms with Gasteiger partial charge in [0.2, 0.25) is 0 Å². The average molecular weight is 512 g/mol. The van der Waals surface area contributed by atoms with E-state index in [1.165, 1.54) is 19.1 Å². The standard InChI is InChI=1S/C28H32F3N5O/c1-19-7-8-21(17-24(19)28(29,30)31)25(26-32-13-14-33-26)35-15-11-23(12-16-35)36(27(37)34-22-9-10-22)18-20-5-3-2-4-6-20/h2-8,13-14,17,22-23,25H,9-12,15-16,18H2,1H3,(H,32,33)(H,34,37). The molecule has 2 N–H and O–H groups in total. The fourth-order valence-corrected chi connectivity index (χ4v) is 5.17. The first kappa shape index (κ1) is 25.3. The zero-order valence-corrected chi connectivity index (χ0v) is 20.8. The Morgan fingerprint density at radius 3 is 2.49 bits per heavy atom. The maximum atomic E-state index is 13.7. The number of benzene rings is 2. The normalized spacial score (nSPS) is 17.9. The van der Waals surface area contributed by atoms with Gasteiger partial charge in [0, 0.05) is 44.1 Å². The first-order chi connectivity index (χ1) is 17.8. The van der Waals surface area contributed by atoms with Gasteiger partial charge in [-0.1, -0.05) is 42.5 Å². The summed E-state index contributed by atoms with van der Waals surface area (Å²) in [5.41, 5.74) is 1.20. The molecule has 2 fully saturated rings. The van der Waals surface area contributed by atoms with Gasteiger partial charge in [-0.2, -0.15) is 13.2 Å². The molecule has 5 rings (SSSR count). The zero-order valence-electron chi connectivity index (χ0n) is 20.8. The van der Waals surface area contributed by atoms with E-state index in [0.717, 1.165) is 31.2 Å². The van der Waals surface area contributed by atoms with E-state index >= 15 is 0 Å². The van der Waals surface area contributed by atoms with Gasteiger partial charge >= 0.3 is 12.2 Å². The van der Waals surface area contributed by atoms with Crippen LogP contribution in [-0.2, 0) is 12.7 Å². The van der Waals surface area contributed by atoms with Crippen molar-refractivity contribution in [2.24, 2.45) is 0 Å². The molecule has 1 atom stereocenters. The minimum Gasteiger partial charge on any atom is -0.347 e. The van der Waals surface area contributed by atoms with Crippen LogP contribution < -0.4 is 5.32 Å². The van der Waals surface area contributed by atoms with Crippen LogP contribution in [0.25, 0.3) is 0 Å². The quantitative estimate of drug-likeness (QED) is 0.430. The van der Waals surface area contributed by atoms with Crippen LogP contribution in [0.1, 0.15) is 59.8 Å². The van der Waals surface area contributed by atoms with Gasteiger partial charge in [-0.15, -0.1) is 0 Å². The van der Waals surface area contributed by atoms with Crippen molar-refractivity contribution < 1.29 is 18.0 Å². The second kappa shape index (κ2) is 10.6. The molecule has 196 valence electrons. The number of hydrogen-bond acceptors (Lipinski definition) is 3. The van der Waals surface area contributed by atoms with Crippen molar-refractivity contribution in [3.05, 3.63) is 89.0 Å². The third-order valence-electron chi connectivity index (χ3n) is 7.33. The van der Waals surface area contributed by atoms with Crippen molar-refractivity contribution in [3.8, 4) is 0 Å². The van der Waals surface area contributed by atoms with Gasteiger partial charge in [-0.3, -0.25) is 4.90 Å². The number of alkyl halides is 3. The number of carbonyl (C=O) groups is 1. The SMILES string of the molecule is Cc1ccc(C(c2ncc[nH]2)N2CCC(N(Cc3ccccc3)C(=O)NC3CC3)CC2)cc1C(F)(F)F. The second-order valence-electron chi connectivity index (χ2n) is 10.1. The van der Waals surface area contributed by atoms with Gasteiger partial charge in [0.05, 0.1) is 11.6 Å². The van der Waals surface area contributed by atoms with Crippen LogP contribution in [0.4, 0.5) is 18.0 Å². The summed E-state index contributed by atoms with van der Waals surface area (Å²) in [4.78, 5) is 24.8. The Kier molecular flexibility index (Phi) is 7.24. The Balaban J connectivity index is 1.36. The number of piperidine rings is 1. The summed E-state index contributed by atoms with van der Waals surface area (Å²) >= 11 is 0. The maximum absolute atomic E-state index is 13.7. The summed E-state index contributed by atoms with van der Waals surface area (Å²) in [6, 6.07) is 14.3. The van der Waals surface area contributed by atoms with E-state index in [1.54, 1.807) is 18.5 Å². The fourth-order valence-electron chi connectivity index (χ4n) is 5.17. The molecule has 2 aliphatic rings. The third kappa shape index (κ3) is 5.98. The predicted octanol–water partition coefficient (Wildman–Crippen LogP) is 5.66. The molecular weight excluding hydrogens is 479 g/mol. The number of aromatic amines is 1. The summed E-state index contributed by atoms with van der Waals surface area (Å²) in [5, 5.41) is 3.13. The van der Waals surface area contributed by atoms with Crippen molar-refractivity contribution in [1.29, 1.82) is 0 Å². The van der Waals surface area contributed by atoms with Crippen LogP contribution in [0.5, 0.6) is 0 Å². The number of amides is 2. The number of halogens is 3. The Labute approximate surface area is 214 Å². The molecule has 2 aromatic carbocycles. The van der Waals surface area contributed by atoms with E-state index in [1.807, 2.05) is 35.2 Å². The Bertz CT molecular complexity index is 1190. The van der Waals surface area contributed by atoms with E-state index in [4.69, 9.17) is 0 Å². The molecule has 1 unspecified atom stereocenters. The highest BCUT2D eigenvalue weighted by atomic mass is 19.4. The molecule has 3 aromatic rings. The Morgan fingerprint density at radius 2 is 1.86 bits per heavy atom. The van der Waals surface area contributed by atoms with Gasteiger partial charge in [0.25, 0.3) is 0 Å². The lowest BCUT2D eigenvalue weighted by molar-refractivity contribution is -0.138. The minimum absolute atomic E-state index is 0.0382. The molecular formula is C28H32F3N5O. The van der Waals surface area contributed by atoms with Crippen LogP contribution in [0, 0.1) is 6.92 Å². The number of nitrogens with one attached hydrogen (secondary N) is 2. The van der Waals surface area contributed by atoms with E-state index < -0.39 is 17.8 Å². The number of H-pyrrole nitrogens is 1. The maximum Gasteiger partial charge on any atom is 0.416 e. The zero-order chi connectivity index (χ0) is 26.0. The van der Waals surface area contributed by atoms with Crippen LogP contribution in [-0.4, -0.2) is 51.0 Å². The smallest absolute Gasteiger partial charge is 0.347 e. The lowest BCUT2D eigenvalue weighted by Crippen LogP contribution is -2.51. The van der Waals surface area contributed by atoms with Crippen molar-refractivity contribution in [3.63, 3.8) is 0 Å². The van der Waals surface area contributed by atoms with Crippen molar-refractivity contribution in [2.45, 2.75) is 63.5 Å². The van der Waals surface area contributed by atoms with Crippen LogP contribution in [0.3, 0.4) is 0 Å². The summed E-state index contributed by atoms with van der Waals surface area (Å²) in [6.07, 6.45) is 2.37. The summed E-state index contributed by atoms with van der Waals surface area (Å²) < 4.78 is 41.1. The van der Waals surface area contributed by atoms with E-state index in [0.29, 0.717) is 31.0 Å². The molecule has 1 aliphatic heterocycles.